The lowest BCUT2D eigenvalue weighted by atomic mass is 10.00. The normalized spacial score (nSPS) is 23.1. The van der Waals surface area contributed by atoms with Crippen LogP contribution in [-0.4, -0.2) is 12.9 Å². The highest BCUT2D eigenvalue weighted by Gasteiger charge is 2.35. The van der Waals surface area contributed by atoms with Crippen molar-refractivity contribution in [2.45, 2.75) is 25.7 Å². The molecule has 0 heterocycles. The first-order chi connectivity index (χ1) is 8.29. The Bertz CT molecular complexity index is 482. The van der Waals surface area contributed by atoms with Gasteiger partial charge in [0.05, 0.1) is 7.11 Å². The zero-order valence-electron chi connectivity index (χ0n) is 10.0. The largest absolute Gasteiger partial charge is 0.497 e. The summed E-state index contributed by atoms with van der Waals surface area (Å²) in [6.45, 7) is 0. The van der Waals surface area contributed by atoms with Crippen molar-refractivity contribution in [1.29, 1.82) is 0 Å². The van der Waals surface area contributed by atoms with Crippen LogP contribution in [0.25, 0.3) is 5.57 Å². The lowest BCUT2D eigenvalue weighted by Crippen LogP contribution is -1.97. The molecule has 0 N–H and O–H groups in total. The molecule has 2 heteroatoms. The number of allylic oxidation sites excluding steroid dienone is 2. The number of carbonyl (C=O) groups excluding carboxylic acids is 1. The second-order valence-corrected chi connectivity index (χ2v) is 4.85. The Labute approximate surface area is 101 Å². The second-order valence-electron chi connectivity index (χ2n) is 4.85. The Morgan fingerprint density at radius 1 is 1.24 bits per heavy atom. The van der Waals surface area contributed by atoms with E-state index in [1.54, 1.807) is 7.11 Å². The molecule has 2 nitrogen and oxygen atoms in total. The smallest absolute Gasteiger partial charge is 0.164 e. The van der Waals surface area contributed by atoms with Crippen molar-refractivity contribution in [3.05, 3.63) is 35.4 Å². The standard InChI is InChI=1S/C15H16O2/c1-17-12-7-5-10(6-8-12)15-13-4-2-3-11(13)9-14(15)16/h5-8,11H,2-4,9H2,1H3/t11-/m1/s1. The van der Waals surface area contributed by atoms with Gasteiger partial charge in [-0.25, -0.2) is 0 Å². The predicted molar refractivity (Wildman–Crippen MR) is 66.9 cm³/mol. The molecule has 0 aliphatic heterocycles. The van der Waals surface area contributed by atoms with Crippen molar-refractivity contribution >= 4 is 11.4 Å². The zero-order chi connectivity index (χ0) is 11.8. The Hall–Kier alpha value is -1.57. The maximum absolute atomic E-state index is 12.1. The van der Waals surface area contributed by atoms with Gasteiger partial charge in [0, 0.05) is 12.0 Å². The molecule has 1 fully saturated rings. The number of carbonyl (C=O) groups is 1. The van der Waals surface area contributed by atoms with Crippen LogP contribution in [0.15, 0.2) is 29.8 Å². The van der Waals surface area contributed by atoms with Crippen LogP contribution in [0.4, 0.5) is 0 Å². The van der Waals surface area contributed by atoms with E-state index in [1.807, 2.05) is 24.3 Å². The van der Waals surface area contributed by atoms with Gasteiger partial charge in [-0.2, -0.15) is 0 Å². The Morgan fingerprint density at radius 3 is 2.71 bits per heavy atom. The molecule has 0 unspecified atom stereocenters. The van der Waals surface area contributed by atoms with Crippen molar-refractivity contribution in [2.24, 2.45) is 5.92 Å². The number of hydrogen-bond donors (Lipinski definition) is 0. The summed E-state index contributed by atoms with van der Waals surface area (Å²) >= 11 is 0. The second kappa shape index (κ2) is 4.02. The number of benzene rings is 1. The molecule has 1 atom stereocenters. The van der Waals surface area contributed by atoms with Gasteiger partial charge in [-0.1, -0.05) is 17.7 Å². The van der Waals surface area contributed by atoms with Gasteiger partial charge < -0.3 is 4.74 Å². The van der Waals surface area contributed by atoms with Gasteiger partial charge in [-0.15, -0.1) is 0 Å². The minimum atomic E-state index is 0.329. The molecule has 0 radical (unpaired) electrons. The molecule has 88 valence electrons. The average Bonchev–Trinajstić information content (AvgIpc) is 2.89. The third kappa shape index (κ3) is 1.68. The number of ketones is 1. The molecule has 1 saturated carbocycles. The van der Waals surface area contributed by atoms with Crippen molar-refractivity contribution in [3.8, 4) is 5.75 Å². The van der Waals surface area contributed by atoms with E-state index in [4.69, 9.17) is 4.74 Å². The summed E-state index contributed by atoms with van der Waals surface area (Å²) < 4.78 is 5.14. The molecule has 2 aliphatic carbocycles. The van der Waals surface area contributed by atoms with Crippen LogP contribution < -0.4 is 4.74 Å². The minimum absolute atomic E-state index is 0.329. The maximum atomic E-state index is 12.1. The van der Waals surface area contributed by atoms with Crippen LogP contribution in [0.3, 0.4) is 0 Å². The number of fused-ring (bicyclic) bond motifs is 1. The van der Waals surface area contributed by atoms with E-state index in [0.717, 1.165) is 29.7 Å². The number of Topliss-reactive ketones (excluding diaryl/α,β-unsaturated/α-hetero) is 1. The monoisotopic (exact) mass is 228 g/mol. The van der Waals surface area contributed by atoms with Crippen LogP contribution in [0.5, 0.6) is 5.75 Å². The van der Waals surface area contributed by atoms with Crippen LogP contribution in [0.2, 0.25) is 0 Å². The topological polar surface area (TPSA) is 26.3 Å². The van der Waals surface area contributed by atoms with Gasteiger partial charge in [-0.05, 0) is 42.9 Å². The molecular weight excluding hydrogens is 212 g/mol. The fourth-order valence-electron chi connectivity index (χ4n) is 3.08. The number of methoxy groups -OCH3 is 1. The third-order valence-corrected chi connectivity index (χ3v) is 3.90. The average molecular weight is 228 g/mol. The van der Waals surface area contributed by atoms with Crippen LogP contribution in [-0.2, 0) is 4.79 Å². The van der Waals surface area contributed by atoms with Crippen LogP contribution in [0, 0.1) is 5.92 Å². The zero-order valence-corrected chi connectivity index (χ0v) is 10.0. The molecule has 1 aromatic carbocycles. The van der Waals surface area contributed by atoms with Gasteiger partial charge in [0.1, 0.15) is 5.75 Å². The van der Waals surface area contributed by atoms with E-state index in [9.17, 15) is 4.79 Å². The number of rotatable bonds is 2. The Morgan fingerprint density at radius 2 is 2.00 bits per heavy atom. The van der Waals surface area contributed by atoms with Crippen molar-refractivity contribution in [2.75, 3.05) is 7.11 Å². The van der Waals surface area contributed by atoms with Gasteiger partial charge in [-0.3, -0.25) is 4.79 Å². The van der Waals surface area contributed by atoms with Gasteiger partial charge >= 0.3 is 0 Å². The van der Waals surface area contributed by atoms with Crippen molar-refractivity contribution in [3.63, 3.8) is 0 Å². The highest BCUT2D eigenvalue weighted by Crippen LogP contribution is 2.45. The summed E-state index contributed by atoms with van der Waals surface area (Å²) in [7, 11) is 1.66. The van der Waals surface area contributed by atoms with E-state index in [0.29, 0.717) is 11.7 Å². The van der Waals surface area contributed by atoms with E-state index in [1.165, 1.54) is 18.4 Å². The third-order valence-electron chi connectivity index (χ3n) is 3.90. The molecular formula is C15H16O2. The molecule has 0 spiro atoms. The highest BCUT2D eigenvalue weighted by molar-refractivity contribution is 6.24. The van der Waals surface area contributed by atoms with Crippen molar-refractivity contribution < 1.29 is 9.53 Å². The van der Waals surface area contributed by atoms with E-state index >= 15 is 0 Å². The summed E-state index contributed by atoms with van der Waals surface area (Å²) in [6, 6.07) is 7.86. The fourth-order valence-corrected chi connectivity index (χ4v) is 3.08. The molecule has 0 amide bonds. The fraction of sp³-hybridized carbons (Fsp3) is 0.400. The molecule has 0 aromatic heterocycles. The Kier molecular flexibility index (Phi) is 2.50. The summed E-state index contributed by atoms with van der Waals surface area (Å²) in [4.78, 5) is 12.1. The molecule has 3 rings (SSSR count). The maximum Gasteiger partial charge on any atom is 0.164 e. The highest BCUT2D eigenvalue weighted by atomic mass is 16.5. The summed E-state index contributed by atoms with van der Waals surface area (Å²) in [5.41, 5.74) is 3.46. The first kappa shape index (κ1) is 10.6. The molecule has 17 heavy (non-hydrogen) atoms. The first-order valence-electron chi connectivity index (χ1n) is 6.20. The predicted octanol–water partition coefficient (Wildman–Crippen LogP) is 3.22. The van der Waals surface area contributed by atoms with Gasteiger partial charge in [0.25, 0.3) is 0 Å². The van der Waals surface area contributed by atoms with E-state index in [-0.39, 0.29) is 0 Å². The molecule has 0 bridgehead atoms. The van der Waals surface area contributed by atoms with Crippen LogP contribution in [0.1, 0.15) is 31.2 Å². The summed E-state index contributed by atoms with van der Waals surface area (Å²) in [6.07, 6.45) is 4.28. The van der Waals surface area contributed by atoms with Crippen molar-refractivity contribution in [1.82, 2.24) is 0 Å². The quantitative estimate of drug-likeness (QED) is 0.776. The first-order valence-corrected chi connectivity index (χ1v) is 6.20. The van der Waals surface area contributed by atoms with E-state index < -0.39 is 0 Å². The lowest BCUT2D eigenvalue weighted by molar-refractivity contribution is -0.113. The SMILES string of the molecule is COc1ccc(C2=C3CCC[C@@H]3CC2=O)cc1. The number of hydrogen-bond acceptors (Lipinski definition) is 2. The van der Waals surface area contributed by atoms with E-state index in [2.05, 4.69) is 0 Å². The Balaban J connectivity index is 2.02. The number of ether oxygens (including phenoxy) is 1. The lowest BCUT2D eigenvalue weighted by Gasteiger charge is -2.06. The molecule has 1 aromatic rings. The summed E-state index contributed by atoms with van der Waals surface area (Å²) in [5, 5.41) is 0. The molecule has 0 saturated heterocycles. The van der Waals surface area contributed by atoms with Gasteiger partial charge in [0.15, 0.2) is 5.78 Å². The molecule has 2 aliphatic rings. The minimum Gasteiger partial charge on any atom is -0.497 e. The van der Waals surface area contributed by atoms with Crippen LogP contribution >= 0.6 is 0 Å². The summed E-state index contributed by atoms with van der Waals surface area (Å²) in [5.74, 6) is 1.71. The van der Waals surface area contributed by atoms with Gasteiger partial charge in [0.2, 0.25) is 0 Å².